The van der Waals surface area contributed by atoms with Crippen LogP contribution in [0.15, 0.2) is 0 Å². The Morgan fingerprint density at radius 3 is 2.08 bits per heavy atom. The Balaban J connectivity index is 0. The number of amides is 1. The van der Waals surface area contributed by atoms with Gasteiger partial charge in [0.15, 0.2) is 0 Å². The van der Waals surface area contributed by atoms with Crippen molar-refractivity contribution in [1.29, 1.82) is 0 Å². The first-order chi connectivity index (χ1) is 12.4. The monoisotopic (exact) mass is 379 g/mol. The highest BCUT2D eigenvalue weighted by molar-refractivity contribution is 5.79. The van der Waals surface area contributed by atoms with Crippen molar-refractivity contribution >= 4 is 5.91 Å². The molecule has 1 saturated heterocycles. The molecule has 1 aliphatic heterocycles. The van der Waals surface area contributed by atoms with Crippen LogP contribution < -0.4 is 0 Å². The van der Waals surface area contributed by atoms with E-state index >= 15 is 0 Å². The van der Waals surface area contributed by atoms with E-state index in [1.165, 1.54) is 0 Å². The van der Waals surface area contributed by atoms with E-state index < -0.39 is 16.1 Å². The summed E-state index contributed by atoms with van der Waals surface area (Å²) >= 11 is 0. The van der Waals surface area contributed by atoms with Gasteiger partial charge < -0.3 is 14.6 Å². The van der Waals surface area contributed by atoms with E-state index in [1.54, 1.807) is 4.90 Å². The fourth-order valence-corrected chi connectivity index (χ4v) is 2.62. The molecule has 0 aromatic carbocycles. The summed E-state index contributed by atoms with van der Waals surface area (Å²) in [5.41, 5.74) is 0. The minimum atomic E-state index is -0.893. The number of hydrogen-bond acceptors (Lipinski definition) is 7. The van der Waals surface area contributed by atoms with Crippen LogP contribution in [0.3, 0.4) is 0 Å². The highest BCUT2D eigenvalue weighted by Gasteiger charge is 2.30. The number of carbonyl (C=O) groups excluding carboxylic acids is 1. The molecular formula is C16H33N3O7. The molecular weight excluding hydrogens is 346 g/mol. The van der Waals surface area contributed by atoms with Crippen LogP contribution in [0.5, 0.6) is 0 Å². The largest absolute Gasteiger partial charge is 0.340 e. The normalized spacial score (nSPS) is 16.3. The van der Waals surface area contributed by atoms with E-state index in [9.17, 15) is 25.0 Å². The van der Waals surface area contributed by atoms with Gasteiger partial charge in [-0.2, -0.15) is 0 Å². The van der Waals surface area contributed by atoms with Gasteiger partial charge in [-0.1, -0.05) is 27.7 Å². The van der Waals surface area contributed by atoms with Crippen molar-refractivity contribution in [3.05, 3.63) is 20.2 Å². The summed E-state index contributed by atoms with van der Waals surface area (Å²) in [6.07, 6.45) is 2.79. The molecule has 0 radical (unpaired) electrons. The molecule has 0 N–H and O–H groups in total. The van der Waals surface area contributed by atoms with E-state index in [0.717, 1.165) is 12.8 Å². The predicted molar refractivity (Wildman–Crippen MR) is 96.3 cm³/mol. The second kappa shape index (κ2) is 16.3. The molecule has 0 aliphatic carbocycles. The highest BCUT2D eigenvalue weighted by Crippen LogP contribution is 2.23. The van der Waals surface area contributed by atoms with Gasteiger partial charge in [0, 0.05) is 18.5 Å². The minimum Gasteiger partial charge on any atom is -0.340 e. The second-order valence-corrected chi connectivity index (χ2v) is 5.26. The van der Waals surface area contributed by atoms with Gasteiger partial charge in [-0.25, -0.2) is 0 Å². The summed E-state index contributed by atoms with van der Waals surface area (Å²) < 4.78 is 0. The maximum atomic E-state index is 12.5. The van der Waals surface area contributed by atoms with Gasteiger partial charge in [0.25, 0.3) is 10.2 Å². The van der Waals surface area contributed by atoms with E-state index in [0.29, 0.717) is 19.4 Å². The molecule has 1 heterocycles. The predicted octanol–water partition coefficient (Wildman–Crippen LogP) is 3.25. The molecule has 154 valence electrons. The average molecular weight is 379 g/mol. The Bertz CT molecular complexity index is 407. The van der Waals surface area contributed by atoms with Crippen LogP contribution in [0.4, 0.5) is 0 Å². The van der Waals surface area contributed by atoms with Gasteiger partial charge in [-0.3, -0.25) is 4.79 Å². The van der Waals surface area contributed by atoms with Crippen molar-refractivity contribution in [3.63, 3.8) is 0 Å². The third-order valence-corrected chi connectivity index (χ3v) is 3.74. The third kappa shape index (κ3) is 11.4. The van der Waals surface area contributed by atoms with Crippen molar-refractivity contribution in [2.75, 3.05) is 19.8 Å². The van der Waals surface area contributed by atoms with Crippen LogP contribution in [0, 0.1) is 26.1 Å². The summed E-state index contributed by atoms with van der Waals surface area (Å²) in [5, 5.41) is 18.5. The van der Waals surface area contributed by atoms with Gasteiger partial charge in [0.2, 0.25) is 5.91 Å². The van der Waals surface area contributed by atoms with Crippen molar-refractivity contribution in [2.24, 2.45) is 5.92 Å². The first-order valence-electron chi connectivity index (χ1n) is 9.27. The SMILES string of the molecule is CC.CC.CC1CCCN1C(=O)C(CCCO[N+](=O)[O-])CCO[N+](=O)[O-]. The molecule has 0 aromatic rings. The molecule has 2 unspecified atom stereocenters. The van der Waals surface area contributed by atoms with E-state index in [4.69, 9.17) is 0 Å². The van der Waals surface area contributed by atoms with Crippen LogP contribution in [0.1, 0.15) is 66.7 Å². The fourth-order valence-electron chi connectivity index (χ4n) is 2.62. The zero-order valence-corrected chi connectivity index (χ0v) is 16.5. The Kier molecular flexibility index (Phi) is 16.4. The van der Waals surface area contributed by atoms with Crippen molar-refractivity contribution < 1.29 is 24.6 Å². The number of rotatable bonds is 10. The van der Waals surface area contributed by atoms with Crippen LogP contribution in [-0.2, 0) is 14.5 Å². The van der Waals surface area contributed by atoms with Crippen molar-refractivity contribution in [1.82, 2.24) is 4.90 Å². The Hall–Kier alpha value is -2.13. The highest BCUT2D eigenvalue weighted by atomic mass is 17.0. The first kappa shape index (κ1) is 26.1. The van der Waals surface area contributed by atoms with E-state index in [-0.39, 0.29) is 31.6 Å². The van der Waals surface area contributed by atoms with E-state index in [1.807, 2.05) is 34.6 Å². The molecule has 1 aliphatic rings. The van der Waals surface area contributed by atoms with Crippen LogP contribution in [0.25, 0.3) is 0 Å². The summed E-state index contributed by atoms with van der Waals surface area (Å²) in [4.78, 5) is 43.0. The van der Waals surface area contributed by atoms with Crippen LogP contribution in [0.2, 0.25) is 0 Å². The summed E-state index contributed by atoms with van der Waals surface area (Å²) in [6, 6.07) is 0.154. The zero-order valence-electron chi connectivity index (χ0n) is 16.5. The van der Waals surface area contributed by atoms with Crippen molar-refractivity contribution in [3.8, 4) is 0 Å². The quantitative estimate of drug-likeness (QED) is 0.324. The molecule has 1 rings (SSSR count). The molecule has 0 saturated carbocycles. The lowest BCUT2D eigenvalue weighted by Gasteiger charge is -2.26. The lowest BCUT2D eigenvalue weighted by molar-refractivity contribution is -0.758. The number of likely N-dealkylation sites (tertiary alicyclic amines) is 1. The van der Waals surface area contributed by atoms with Gasteiger partial charge in [0.05, 0.1) is 13.2 Å². The Morgan fingerprint density at radius 2 is 1.62 bits per heavy atom. The Labute approximate surface area is 155 Å². The number of carbonyl (C=O) groups is 1. The molecule has 0 bridgehead atoms. The lowest BCUT2D eigenvalue weighted by atomic mass is 9.98. The third-order valence-electron chi connectivity index (χ3n) is 3.74. The average Bonchev–Trinajstić information content (AvgIpc) is 3.05. The van der Waals surface area contributed by atoms with Crippen LogP contribution in [-0.4, -0.2) is 46.8 Å². The Morgan fingerprint density at radius 1 is 1.08 bits per heavy atom. The van der Waals surface area contributed by atoms with Crippen molar-refractivity contribution in [2.45, 2.75) is 72.8 Å². The number of nitrogens with zero attached hydrogens (tertiary/aromatic N) is 3. The molecule has 1 fully saturated rings. The first-order valence-corrected chi connectivity index (χ1v) is 9.27. The molecule has 2 atom stereocenters. The second-order valence-electron chi connectivity index (χ2n) is 5.26. The topological polar surface area (TPSA) is 125 Å². The summed E-state index contributed by atoms with van der Waals surface area (Å²) in [6.45, 7) is 10.4. The van der Waals surface area contributed by atoms with E-state index in [2.05, 4.69) is 9.68 Å². The summed E-state index contributed by atoms with van der Waals surface area (Å²) in [7, 11) is 0. The fraction of sp³-hybridized carbons (Fsp3) is 0.938. The molecule has 10 heteroatoms. The maximum absolute atomic E-state index is 12.5. The number of hydrogen-bond donors (Lipinski definition) is 0. The van der Waals surface area contributed by atoms with Gasteiger partial charge >= 0.3 is 0 Å². The smallest absolute Gasteiger partial charge is 0.294 e. The minimum absolute atomic E-state index is 0.0712. The molecule has 0 spiro atoms. The molecule has 10 nitrogen and oxygen atoms in total. The maximum Gasteiger partial charge on any atom is 0.294 e. The van der Waals surface area contributed by atoms with Gasteiger partial charge in [-0.05, 0) is 39.0 Å². The molecule has 0 aromatic heterocycles. The molecule has 26 heavy (non-hydrogen) atoms. The lowest BCUT2D eigenvalue weighted by Crippen LogP contribution is -2.39. The standard InChI is InChI=1S/C12H21N3O7.2C2H6/c1-10-4-2-7-13(10)12(16)11(6-9-22-15(19)20)5-3-8-21-14(17)18;2*1-2/h10-11H,2-9H2,1H3;2*1-2H3. The van der Waals surface area contributed by atoms with Gasteiger partial charge in [-0.15, -0.1) is 20.2 Å². The summed E-state index contributed by atoms with van der Waals surface area (Å²) in [5.74, 6) is -0.520. The zero-order chi connectivity index (χ0) is 20.5. The van der Waals surface area contributed by atoms with Crippen LogP contribution >= 0.6 is 0 Å². The van der Waals surface area contributed by atoms with Gasteiger partial charge in [0.1, 0.15) is 0 Å². The molecule has 1 amide bonds.